The number of aromatic amines is 1. The molecule has 1 heterocycles. The molecule has 0 saturated heterocycles. The van der Waals surface area contributed by atoms with Crippen molar-refractivity contribution in [2.45, 2.75) is 31.7 Å². The first-order valence-corrected chi connectivity index (χ1v) is 6.87. The van der Waals surface area contributed by atoms with Gasteiger partial charge in [0.15, 0.2) is 0 Å². The second kappa shape index (κ2) is 5.47. The Hall–Kier alpha value is -0.850. The lowest BCUT2D eigenvalue weighted by molar-refractivity contribution is 0.427. The van der Waals surface area contributed by atoms with Gasteiger partial charge in [0, 0.05) is 31.5 Å². The van der Waals surface area contributed by atoms with Crippen LogP contribution < -0.4 is 5.73 Å². The first-order valence-electron chi connectivity index (χ1n) is 5.43. The summed E-state index contributed by atoms with van der Waals surface area (Å²) in [5.74, 6) is 0. The lowest BCUT2D eigenvalue weighted by atomic mass is 10.4. The van der Waals surface area contributed by atoms with Crippen molar-refractivity contribution in [1.29, 1.82) is 0 Å². The van der Waals surface area contributed by atoms with Gasteiger partial charge in [-0.25, -0.2) is 8.42 Å². The van der Waals surface area contributed by atoms with E-state index < -0.39 is 10.0 Å². The monoisotopic (exact) mass is 245 g/mol. The topological polar surface area (TPSA) is 79.2 Å². The first-order chi connectivity index (χ1) is 7.56. The summed E-state index contributed by atoms with van der Waals surface area (Å²) in [4.78, 5) is 3.15. The molecular weight excluding hydrogens is 226 g/mol. The predicted octanol–water partition coefficient (Wildman–Crippen LogP) is 0.894. The standard InChI is InChI=1S/C10H19N3O2S/c1-3-5-13(4-2)16(14,15)10-6-9(7-11)12-8-10/h6,8,12H,3-5,7,11H2,1-2H3. The fourth-order valence-corrected chi connectivity index (χ4v) is 3.09. The zero-order valence-corrected chi connectivity index (χ0v) is 10.5. The molecular formula is C10H19N3O2S. The van der Waals surface area contributed by atoms with Gasteiger partial charge in [0.05, 0.1) is 4.90 Å². The van der Waals surface area contributed by atoms with Crippen molar-refractivity contribution >= 4 is 10.0 Å². The number of sulfonamides is 1. The molecule has 0 aromatic carbocycles. The average Bonchev–Trinajstić information content (AvgIpc) is 2.74. The molecule has 0 saturated carbocycles. The zero-order chi connectivity index (χ0) is 12.2. The Balaban J connectivity index is 2.99. The highest BCUT2D eigenvalue weighted by atomic mass is 32.2. The number of aromatic nitrogens is 1. The number of hydrogen-bond acceptors (Lipinski definition) is 3. The molecule has 5 nitrogen and oxygen atoms in total. The Morgan fingerprint density at radius 1 is 1.44 bits per heavy atom. The minimum atomic E-state index is -3.36. The van der Waals surface area contributed by atoms with E-state index in [2.05, 4.69) is 4.98 Å². The first kappa shape index (κ1) is 13.2. The van der Waals surface area contributed by atoms with Gasteiger partial charge in [-0.1, -0.05) is 13.8 Å². The van der Waals surface area contributed by atoms with Gasteiger partial charge in [-0.05, 0) is 12.5 Å². The van der Waals surface area contributed by atoms with Gasteiger partial charge in [-0.15, -0.1) is 0 Å². The third-order valence-corrected chi connectivity index (χ3v) is 4.35. The molecule has 0 atom stereocenters. The van der Waals surface area contributed by atoms with Crippen molar-refractivity contribution < 1.29 is 8.42 Å². The van der Waals surface area contributed by atoms with Gasteiger partial charge >= 0.3 is 0 Å². The Morgan fingerprint density at radius 2 is 2.12 bits per heavy atom. The largest absolute Gasteiger partial charge is 0.363 e. The Morgan fingerprint density at radius 3 is 2.56 bits per heavy atom. The summed E-state index contributed by atoms with van der Waals surface area (Å²) in [6.07, 6.45) is 2.30. The molecule has 0 aliphatic rings. The number of hydrogen-bond donors (Lipinski definition) is 2. The van der Waals surface area contributed by atoms with Crippen LogP contribution in [0.4, 0.5) is 0 Å². The maximum absolute atomic E-state index is 12.1. The van der Waals surface area contributed by atoms with E-state index in [1.54, 1.807) is 6.07 Å². The highest BCUT2D eigenvalue weighted by Crippen LogP contribution is 2.16. The van der Waals surface area contributed by atoms with Crippen LogP contribution in [0.3, 0.4) is 0 Å². The maximum atomic E-state index is 12.1. The van der Waals surface area contributed by atoms with E-state index in [0.717, 1.165) is 12.1 Å². The average molecular weight is 245 g/mol. The van der Waals surface area contributed by atoms with Gasteiger partial charge in [-0.3, -0.25) is 0 Å². The smallest absolute Gasteiger partial charge is 0.244 e. The van der Waals surface area contributed by atoms with Gasteiger partial charge in [-0.2, -0.15) is 4.31 Å². The third kappa shape index (κ3) is 2.63. The van der Waals surface area contributed by atoms with Crippen LogP contribution in [-0.2, 0) is 16.6 Å². The van der Waals surface area contributed by atoms with E-state index in [1.165, 1.54) is 10.5 Å². The van der Waals surface area contributed by atoms with E-state index in [1.807, 2.05) is 13.8 Å². The fraction of sp³-hybridized carbons (Fsp3) is 0.600. The molecule has 0 aliphatic heterocycles. The van der Waals surface area contributed by atoms with E-state index in [4.69, 9.17) is 5.73 Å². The van der Waals surface area contributed by atoms with Crippen LogP contribution >= 0.6 is 0 Å². The van der Waals surface area contributed by atoms with Crippen molar-refractivity contribution in [1.82, 2.24) is 9.29 Å². The summed E-state index contributed by atoms with van der Waals surface area (Å²) in [5, 5.41) is 0. The van der Waals surface area contributed by atoms with Crippen LogP contribution in [0.2, 0.25) is 0 Å². The molecule has 1 aromatic heterocycles. The van der Waals surface area contributed by atoms with E-state index in [0.29, 0.717) is 24.5 Å². The highest BCUT2D eigenvalue weighted by Gasteiger charge is 2.23. The number of nitrogens with one attached hydrogen (secondary N) is 1. The molecule has 0 spiro atoms. The summed E-state index contributed by atoms with van der Waals surface area (Å²) in [6, 6.07) is 1.59. The van der Waals surface area contributed by atoms with Crippen molar-refractivity contribution in [3.05, 3.63) is 18.0 Å². The van der Waals surface area contributed by atoms with E-state index in [9.17, 15) is 8.42 Å². The molecule has 0 unspecified atom stereocenters. The number of H-pyrrole nitrogens is 1. The molecule has 1 aromatic rings. The summed E-state index contributed by atoms with van der Waals surface area (Å²) < 4.78 is 25.8. The molecule has 1 rings (SSSR count). The van der Waals surface area contributed by atoms with Crippen LogP contribution in [0.5, 0.6) is 0 Å². The van der Waals surface area contributed by atoms with Crippen molar-refractivity contribution in [3.8, 4) is 0 Å². The molecule has 3 N–H and O–H groups in total. The number of nitrogens with zero attached hydrogens (tertiary/aromatic N) is 1. The summed E-state index contributed by atoms with van der Waals surface area (Å²) in [6.45, 7) is 5.14. The Kier molecular flexibility index (Phi) is 4.52. The molecule has 0 fully saturated rings. The highest BCUT2D eigenvalue weighted by molar-refractivity contribution is 7.89. The van der Waals surface area contributed by atoms with Crippen LogP contribution in [0.25, 0.3) is 0 Å². The lowest BCUT2D eigenvalue weighted by Gasteiger charge is -2.18. The molecule has 0 bridgehead atoms. The third-order valence-electron chi connectivity index (χ3n) is 2.40. The predicted molar refractivity (Wildman–Crippen MR) is 63.4 cm³/mol. The Bertz CT molecular complexity index is 425. The molecule has 6 heteroatoms. The molecule has 92 valence electrons. The lowest BCUT2D eigenvalue weighted by Crippen LogP contribution is -2.31. The van der Waals surface area contributed by atoms with Crippen LogP contribution in [0.1, 0.15) is 26.0 Å². The van der Waals surface area contributed by atoms with Gasteiger partial charge < -0.3 is 10.7 Å². The molecule has 0 radical (unpaired) electrons. The fourth-order valence-electron chi connectivity index (χ4n) is 1.53. The normalized spacial score (nSPS) is 12.2. The van der Waals surface area contributed by atoms with Gasteiger partial charge in [0.25, 0.3) is 0 Å². The van der Waals surface area contributed by atoms with Crippen molar-refractivity contribution in [3.63, 3.8) is 0 Å². The van der Waals surface area contributed by atoms with Crippen molar-refractivity contribution in [2.75, 3.05) is 13.1 Å². The van der Waals surface area contributed by atoms with Crippen LogP contribution in [0.15, 0.2) is 17.2 Å². The van der Waals surface area contributed by atoms with Gasteiger partial charge in [0.1, 0.15) is 0 Å². The molecule has 0 aliphatic carbocycles. The summed E-state index contributed by atoms with van der Waals surface area (Å²) >= 11 is 0. The SMILES string of the molecule is CCCN(CC)S(=O)(=O)c1c[nH]c(CN)c1. The maximum Gasteiger partial charge on any atom is 0.244 e. The van der Waals surface area contributed by atoms with Crippen LogP contribution in [0, 0.1) is 0 Å². The minimum absolute atomic E-state index is 0.295. The second-order valence-corrected chi connectivity index (χ2v) is 5.50. The van der Waals surface area contributed by atoms with Crippen molar-refractivity contribution in [2.24, 2.45) is 5.73 Å². The quantitative estimate of drug-likeness (QED) is 0.781. The number of rotatable bonds is 6. The summed E-state index contributed by atoms with van der Waals surface area (Å²) in [7, 11) is -3.36. The minimum Gasteiger partial charge on any atom is -0.363 e. The molecule has 0 amide bonds. The zero-order valence-electron chi connectivity index (χ0n) is 9.73. The van der Waals surface area contributed by atoms with Gasteiger partial charge in [0.2, 0.25) is 10.0 Å². The summed E-state index contributed by atoms with van der Waals surface area (Å²) in [5.41, 5.74) is 6.16. The Labute approximate surface area is 96.7 Å². The molecule has 16 heavy (non-hydrogen) atoms. The van der Waals surface area contributed by atoms with Crippen LogP contribution in [-0.4, -0.2) is 30.8 Å². The second-order valence-electron chi connectivity index (χ2n) is 3.56. The van der Waals surface area contributed by atoms with E-state index in [-0.39, 0.29) is 0 Å². The van der Waals surface area contributed by atoms with E-state index >= 15 is 0 Å². The number of nitrogens with two attached hydrogens (primary N) is 1.